The molecule has 4 heteroatoms. The summed E-state index contributed by atoms with van der Waals surface area (Å²) in [6.07, 6.45) is 0. The predicted molar refractivity (Wildman–Crippen MR) is 86.1 cm³/mol. The second-order valence-corrected chi connectivity index (χ2v) is 5.71. The number of carbonyl (C=O) groups is 1. The number of hydrogen-bond acceptors (Lipinski definition) is 3. The number of nitrogen functional groups attached to an aromatic ring is 1. The Balaban J connectivity index is 1.96. The molecule has 2 aromatic carbocycles. The van der Waals surface area contributed by atoms with Gasteiger partial charge in [0.15, 0.2) is 0 Å². The van der Waals surface area contributed by atoms with E-state index in [-0.39, 0.29) is 5.91 Å². The first-order valence-electron chi connectivity index (χ1n) is 6.40. The lowest BCUT2D eigenvalue weighted by atomic mass is 10.2. The van der Waals surface area contributed by atoms with Crippen LogP contribution in [0.5, 0.6) is 0 Å². The lowest BCUT2D eigenvalue weighted by Crippen LogP contribution is -2.14. The van der Waals surface area contributed by atoms with E-state index in [9.17, 15) is 4.79 Å². The summed E-state index contributed by atoms with van der Waals surface area (Å²) in [7, 11) is 0. The van der Waals surface area contributed by atoms with Crippen LogP contribution in [0.4, 0.5) is 11.4 Å². The molecule has 0 aromatic heterocycles. The summed E-state index contributed by atoms with van der Waals surface area (Å²) in [5, 5.41) is 2.91. The molecule has 2 rings (SSSR count). The van der Waals surface area contributed by atoms with Gasteiger partial charge in [0, 0.05) is 16.3 Å². The minimum atomic E-state index is -0.0230. The van der Waals surface area contributed by atoms with Crippen molar-refractivity contribution in [1.82, 2.24) is 0 Å². The Bertz CT molecular complexity index is 626. The minimum absolute atomic E-state index is 0.0230. The summed E-state index contributed by atoms with van der Waals surface area (Å²) < 4.78 is 0. The molecule has 1 amide bonds. The van der Waals surface area contributed by atoms with Crippen molar-refractivity contribution in [2.75, 3.05) is 16.8 Å². The topological polar surface area (TPSA) is 55.1 Å². The van der Waals surface area contributed by atoms with Gasteiger partial charge in [0.25, 0.3) is 0 Å². The molecule has 0 fully saturated rings. The zero-order chi connectivity index (χ0) is 14.5. The highest BCUT2D eigenvalue weighted by atomic mass is 32.2. The van der Waals surface area contributed by atoms with Crippen molar-refractivity contribution in [3.8, 4) is 0 Å². The fourth-order valence-corrected chi connectivity index (χ4v) is 2.67. The Morgan fingerprint density at radius 1 is 1.20 bits per heavy atom. The molecule has 0 heterocycles. The number of anilines is 2. The molecule has 0 bridgehead atoms. The molecule has 0 unspecified atom stereocenters. The molecule has 3 N–H and O–H groups in total. The average Bonchev–Trinajstić information content (AvgIpc) is 2.42. The summed E-state index contributed by atoms with van der Waals surface area (Å²) in [5.41, 5.74) is 9.67. The normalized spacial score (nSPS) is 10.3. The van der Waals surface area contributed by atoms with E-state index >= 15 is 0 Å². The maximum atomic E-state index is 12.0. The third-order valence-electron chi connectivity index (χ3n) is 2.95. The Labute approximate surface area is 123 Å². The van der Waals surface area contributed by atoms with Crippen LogP contribution in [0.2, 0.25) is 0 Å². The summed E-state index contributed by atoms with van der Waals surface area (Å²) in [6.45, 7) is 3.98. The van der Waals surface area contributed by atoms with Gasteiger partial charge in [0.05, 0.1) is 5.75 Å². The summed E-state index contributed by atoms with van der Waals surface area (Å²) >= 11 is 1.46. The van der Waals surface area contributed by atoms with Crippen molar-refractivity contribution in [1.29, 1.82) is 0 Å². The summed E-state index contributed by atoms with van der Waals surface area (Å²) in [6, 6.07) is 13.6. The molecule has 0 aliphatic carbocycles. The smallest absolute Gasteiger partial charge is 0.234 e. The first-order chi connectivity index (χ1) is 9.56. The van der Waals surface area contributed by atoms with E-state index < -0.39 is 0 Å². The molecule has 3 nitrogen and oxygen atoms in total. The van der Waals surface area contributed by atoms with E-state index in [2.05, 4.69) is 5.32 Å². The predicted octanol–water partition coefficient (Wildman–Crippen LogP) is 3.62. The molecule has 20 heavy (non-hydrogen) atoms. The van der Waals surface area contributed by atoms with Gasteiger partial charge in [0.2, 0.25) is 5.91 Å². The third kappa shape index (κ3) is 3.78. The first kappa shape index (κ1) is 14.5. The number of nitrogens with one attached hydrogen (secondary N) is 1. The van der Waals surface area contributed by atoms with E-state index in [1.165, 1.54) is 11.8 Å². The minimum Gasteiger partial charge on any atom is -0.398 e. The number of aryl methyl sites for hydroxylation is 2. The zero-order valence-electron chi connectivity index (χ0n) is 11.6. The van der Waals surface area contributed by atoms with Crippen LogP contribution >= 0.6 is 11.8 Å². The van der Waals surface area contributed by atoms with Crippen LogP contribution in [0.25, 0.3) is 0 Å². The van der Waals surface area contributed by atoms with Crippen LogP contribution in [-0.4, -0.2) is 11.7 Å². The molecule has 0 aliphatic heterocycles. The zero-order valence-corrected chi connectivity index (χ0v) is 12.5. The van der Waals surface area contributed by atoms with Crippen molar-refractivity contribution >= 4 is 29.0 Å². The number of benzene rings is 2. The van der Waals surface area contributed by atoms with Crippen molar-refractivity contribution in [3.63, 3.8) is 0 Å². The second-order valence-electron chi connectivity index (χ2n) is 4.69. The van der Waals surface area contributed by atoms with Crippen molar-refractivity contribution < 1.29 is 4.79 Å². The number of nitrogens with two attached hydrogens (primary N) is 1. The maximum absolute atomic E-state index is 12.0. The van der Waals surface area contributed by atoms with Crippen LogP contribution in [0, 0.1) is 13.8 Å². The standard InChI is InChI=1S/C16H18N2OS/c1-11-7-8-13(17)15(9-11)20-10-16(19)18-14-6-4-3-5-12(14)2/h3-9H,10,17H2,1-2H3,(H,18,19). The van der Waals surface area contributed by atoms with E-state index in [4.69, 9.17) is 5.73 Å². The van der Waals surface area contributed by atoms with Crippen molar-refractivity contribution in [3.05, 3.63) is 53.6 Å². The van der Waals surface area contributed by atoms with Crippen molar-refractivity contribution in [2.24, 2.45) is 0 Å². The second kappa shape index (κ2) is 6.48. The molecular formula is C16H18N2OS. The van der Waals surface area contributed by atoms with E-state index in [0.717, 1.165) is 21.7 Å². The number of amides is 1. The van der Waals surface area contributed by atoms with Gasteiger partial charge in [-0.2, -0.15) is 0 Å². The Kier molecular flexibility index (Phi) is 4.69. The van der Waals surface area contributed by atoms with Crippen LogP contribution in [0.1, 0.15) is 11.1 Å². The van der Waals surface area contributed by atoms with Gasteiger partial charge < -0.3 is 11.1 Å². The van der Waals surface area contributed by atoms with E-state index in [1.807, 2.05) is 56.3 Å². The third-order valence-corrected chi connectivity index (χ3v) is 4.02. The highest BCUT2D eigenvalue weighted by molar-refractivity contribution is 8.00. The van der Waals surface area contributed by atoms with Gasteiger partial charge in [-0.15, -0.1) is 11.8 Å². The highest BCUT2D eigenvalue weighted by Crippen LogP contribution is 2.26. The largest absolute Gasteiger partial charge is 0.398 e. The Morgan fingerprint density at radius 3 is 2.70 bits per heavy atom. The fraction of sp³-hybridized carbons (Fsp3) is 0.188. The number of carbonyl (C=O) groups excluding carboxylic acids is 1. The lowest BCUT2D eigenvalue weighted by Gasteiger charge is -2.09. The maximum Gasteiger partial charge on any atom is 0.234 e. The molecular weight excluding hydrogens is 268 g/mol. The van der Waals surface area contributed by atoms with Gasteiger partial charge in [-0.25, -0.2) is 0 Å². The Morgan fingerprint density at radius 2 is 1.95 bits per heavy atom. The molecule has 0 spiro atoms. The number of thioether (sulfide) groups is 1. The van der Waals surface area contributed by atoms with Crippen LogP contribution in [0.3, 0.4) is 0 Å². The van der Waals surface area contributed by atoms with Gasteiger partial charge in [-0.1, -0.05) is 24.3 Å². The van der Waals surface area contributed by atoms with Crippen molar-refractivity contribution in [2.45, 2.75) is 18.7 Å². The van der Waals surface area contributed by atoms with Gasteiger partial charge in [-0.05, 0) is 43.2 Å². The molecule has 104 valence electrons. The fourth-order valence-electron chi connectivity index (χ4n) is 1.81. The average molecular weight is 286 g/mol. The molecule has 2 aromatic rings. The van der Waals surface area contributed by atoms with Gasteiger partial charge in [0.1, 0.15) is 0 Å². The number of para-hydroxylation sites is 1. The summed E-state index contributed by atoms with van der Waals surface area (Å²) in [5.74, 6) is 0.326. The quantitative estimate of drug-likeness (QED) is 0.667. The van der Waals surface area contributed by atoms with Gasteiger partial charge in [-0.3, -0.25) is 4.79 Å². The summed E-state index contributed by atoms with van der Waals surface area (Å²) in [4.78, 5) is 12.9. The van der Waals surface area contributed by atoms with Crippen LogP contribution in [-0.2, 0) is 4.79 Å². The van der Waals surface area contributed by atoms with Crippen LogP contribution < -0.4 is 11.1 Å². The molecule has 0 saturated heterocycles. The molecule has 0 atom stereocenters. The SMILES string of the molecule is Cc1ccc(N)c(SCC(=O)Nc2ccccc2C)c1. The molecule has 0 radical (unpaired) electrons. The number of rotatable bonds is 4. The molecule has 0 aliphatic rings. The Hall–Kier alpha value is -1.94. The lowest BCUT2D eigenvalue weighted by molar-refractivity contribution is -0.113. The van der Waals surface area contributed by atoms with E-state index in [0.29, 0.717) is 11.4 Å². The molecule has 0 saturated carbocycles. The highest BCUT2D eigenvalue weighted by Gasteiger charge is 2.07. The monoisotopic (exact) mass is 286 g/mol. The number of hydrogen-bond donors (Lipinski definition) is 2. The first-order valence-corrected chi connectivity index (χ1v) is 7.39. The van der Waals surface area contributed by atoms with E-state index in [1.54, 1.807) is 0 Å². The van der Waals surface area contributed by atoms with Crippen LogP contribution in [0.15, 0.2) is 47.4 Å². The van der Waals surface area contributed by atoms with Gasteiger partial charge >= 0.3 is 0 Å².